The predicted molar refractivity (Wildman–Crippen MR) is 107 cm³/mol. The van der Waals surface area contributed by atoms with Crippen LogP contribution in [-0.4, -0.2) is 58.5 Å². The van der Waals surface area contributed by atoms with Crippen LogP contribution in [0, 0.1) is 0 Å². The first-order valence-electron chi connectivity index (χ1n) is 8.83. The van der Waals surface area contributed by atoms with Crippen LogP contribution in [0.2, 0.25) is 0 Å². The average Bonchev–Trinajstić information content (AvgIpc) is 2.77. The molecule has 0 aliphatic carbocycles. The van der Waals surface area contributed by atoms with E-state index in [0.29, 0.717) is 0 Å². The molecule has 0 radical (unpaired) electrons. The van der Waals surface area contributed by atoms with Gasteiger partial charge in [-0.05, 0) is 23.8 Å². The van der Waals surface area contributed by atoms with E-state index in [0.717, 1.165) is 24.7 Å². The molecular weight excluding hydrogens is 412 g/mol. The minimum Gasteiger partial charge on any atom is -0.468 e. The van der Waals surface area contributed by atoms with E-state index in [2.05, 4.69) is 14.2 Å². The Balaban J connectivity index is 2.23. The quantitative estimate of drug-likeness (QED) is 0.584. The van der Waals surface area contributed by atoms with Crippen molar-refractivity contribution >= 4 is 27.9 Å². The summed E-state index contributed by atoms with van der Waals surface area (Å²) in [4.78, 5) is 36.8. The molecule has 9 nitrogen and oxygen atoms in total. The second-order valence-electron chi connectivity index (χ2n) is 6.15. The maximum atomic E-state index is 12.8. The number of carbonyl (C=O) groups excluding carboxylic acids is 3. The zero-order valence-corrected chi connectivity index (χ0v) is 17.3. The number of hydrogen-bond donors (Lipinski definition) is 1. The number of amides is 1. The molecule has 0 aliphatic rings. The van der Waals surface area contributed by atoms with Crippen molar-refractivity contribution in [3.63, 3.8) is 0 Å². The Morgan fingerprint density at radius 1 is 0.900 bits per heavy atom. The summed E-state index contributed by atoms with van der Waals surface area (Å²) in [6.07, 6.45) is 0. The molecule has 0 atom stereocenters. The Hall–Kier alpha value is -3.24. The number of rotatable bonds is 9. The second kappa shape index (κ2) is 10.5. The molecule has 30 heavy (non-hydrogen) atoms. The zero-order valence-electron chi connectivity index (χ0n) is 16.5. The monoisotopic (exact) mass is 434 g/mol. The third-order valence-corrected chi connectivity index (χ3v) is 5.48. The maximum Gasteiger partial charge on any atom is 0.325 e. The summed E-state index contributed by atoms with van der Waals surface area (Å²) in [6, 6.07) is 14.3. The fourth-order valence-electron chi connectivity index (χ4n) is 2.48. The van der Waals surface area contributed by atoms with Gasteiger partial charge in [-0.25, -0.2) is 13.1 Å². The van der Waals surface area contributed by atoms with Crippen LogP contribution in [-0.2, 0) is 35.6 Å². The van der Waals surface area contributed by atoms with Gasteiger partial charge >= 0.3 is 11.9 Å². The van der Waals surface area contributed by atoms with Crippen molar-refractivity contribution in [1.29, 1.82) is 0 Å². The van der Waals surface area contributed by atoms with E-state index in [9.17, 15) is 22.8 Å². The predicted octanol–water partition coefficient (Wildman–Crippen LogP) is 0.953. The largest absolute Gasteiger partial charge is 0.468 e. The molecule has 0 unspecified atom stereocenters. The molecule has 2 rings (SSSR count). The van der Waals surface area contributed by atoms with Crippen LogP contribution < -0.4 is 4.72 Å². The van der Waals surface area contributed by atoms with Crippen molar-refractivity contribution in [2.45, 2.75) is 11.4 Å². The zero-order chi connectivity index (χ0) is 22.1. The number of nitrogens with one attached hydrogen (secondary N) is 1. The number of sulfonamides is 1. The molecule has 1 N–H and O–H groups in total. The number of benzene rings is 2. The van der Waals surface area contributed by atoms with E-state index in [1.165, 1.54) is 24.3 Å². The first-order chi connectivity index (χ1) is 14.3. The van der Waals surface area contributed by atoms with Gasteiger partial charge in [-0.3, -0.25) is 14.4 Å². The third-order valence-electron chi connectivity index (χ3n) is 4.08. The van der Waals surface area contributed by atoms with Crippen molar-refractivity contribution in [3.8, 4) is 0 Å². The van der Waals surface area contributed by atoms with Crippen LogP contribution >= 0.6 is 0 Å². The molecule has 0 fully saturated rings. The summed E-state index contributed by atoms with van der Waals surface area (Å²) in [6.45, 7) is -0.903. The van der Waals surface area contributed by atoms with Gasteiger partial charge in [-0.2, -0.15) is 0 Å². The van der Waals surface area contributed by atoms with Gasteiger partial charge < -0.3 is 14.4 Å². The van der Waals surface area contributed by atoms with Gasteiger partial charge in [0.15, 0.2) is 0 Å². The number of esters is 2. The topological polar surface area (TPSA) is 119 Å². The summed E-state index contributed by atoms with van der Waals surface area (Å²) in [5, 5.41) is 0. The van der Waals surface area contributed by atoms with Gasteiger partial charge in [-0.15, -0.1) is 0 Å². The lowest BCUT2D eigenvalue weighted by Crippen LogP contribution is -2.40. The van der Waals surface area contributed by atoms with E-state index >= 15 is 0 Å². The molecule has 0 aliphatic heterocycles. The Labute approximate surface area is 174 Å². The van der Waals surface area contributed by atoms with Crippen LogP contribution in [0.25, 0.3) is 0 Å². The average molecular weight is 434 g/mol. The third kappa shape index (κ3) is 6.39. The summed E-state index contributed by atoms with van der Waals surface area (Å²) in [7, 11) is -1.60. The Morgan fingerprint density at radius 2 is 1.50 bits per heavy atom. The van der Waals surface area contributed by atoms with Crippen LogP contribution in [0.5, 0.6) is 0 Å². The molecule has 0 aromatic heterocycles. The highest BCUT2D eigenvalue weighted by atomic mass is 32.2. The maximum absolute atomic E-state index is 12.8. The second-order valence-corrected chi connectivity index (χ2v) is 7.92. The summed E-state index contributed by atoms with van der Waals surface area (Å²) in [5.74, 6) is -2.19. The van der Waals surface area contributed by atoms with Crippen LogP contribution in [0.4, 0.5) is 0 Å². The van der Waals surface area contributed by atoms with Gasteiger partial charge in [0.05, 0.1) is 19.1 Å². The molecule has 160 valence electrons. The number of carbonyl (C=O) groups is 3. The minimum atomic E-state index is -3.90. The van der Waals surface area contributed by atoms with Crippen molar-refractivity contribution in [2.24, 2.45) is 0 Å². The molecule has 2 aromatic rings. The fraction of sp³-hybridized carbons (Fsp3) is 0.250. The van der Waals surface area contributed by atoms with Crippen molar-refractivity contribution < 1.29 is 32.3 Å². The first-order valence-corrected chi connectivity index (χ1v) is 10.3. The van der Waals surface area contributed by atoms with Gasteiger partial charge in [0.2, 0.25) is 10.0 Å². The molecule has 1 amide bonds. The van der Waals surface area contributed by atoms with E-state index < -0.39 is 41.0 Å². The summed E-state index contributed by atoms with van der Waals surface area (Å²) in [5.41, 5.74) is 0.765. The number of methoxy groups -OCH3 is 2. The number of ether oxygens (including phenoxy) is 2. The lowest BCUT2D eigenvalue weighted by Gasteiger charge is -2.20. The fourth-order valence-corrected chi connectivity index (χ4v) is 3.54. The Kier molecular flexibility index (Phi) is 8.07. The molecule has 0 bridgehead atoms. The summed E-state index contributed by atoms with van der Waals surface area (Å²) < 4.78 is 36.8. The SMILES string of the molecule is COC(=O)CN(CC(=O)OC)C(=O)c1cccc(S(=O)(=O)NCc2ccccc2)c1. The van der Waals surface area contributed by atoms with Crippen LogP contribution in [0.15, 0.2) is 59.5 Å². The molecule has 2 aromatic carbocycles. The number of hydrogen-bond acceptors (Lipinski definition) is 7. The van der Waals surface area contributed by atoms with Gasteiger partial charge in [0.1, 0.15) is 13.1 Å². The number of nitrogens with zero attached hydrogens (tertiary/aromatic N) is 1. The van der Waals surface area contributed by atoms with E-state index in [4.69, 9.17) is 0 Å². The highest BCUT2D eigenvalue weighted by Gasteiger charge is 2.24. The highest BCUT2D eigenvalue weighted by Crippen LogP contribution is 2.14. The van der Waals surface area contributed by atoms with Crippen molar-refractivity contribution in [1.82, 2.24) is 9.62 Å². The van der Waals surface area contributed by atoms with Crippen LogP contribution in [0.1, 0.15) is 15.9 Å². The van der Waals surface area contributed by atoms with Crippen LogP contribution in [0.3, 0.4) is 0 Å². The normalized spacial score (nSPS) is 10.9. The molecule has 10 heteroatoms. The smallest absolute Gasteiger partial charge is 0.325 e. The van der Waals surface area contributed by atoms with Crippen molar-refractivity contribution in [2.75, 3.05) is 27.3 Å². The molecule has 0 heterocycles. The minimum absolute atomic E-state index is 0.00890. The Bertz CT molecular complexity index is 989. The first kappa shape index (κ1) is 23.0. The van der Waals surface area contributed by atoms with Crippen molar-refractivity contribution in [3.05, 3.63) is 65.7 Å². The van der Waals surface area contributed by atoms with E-state index in [-0.39, 0.29) is 17.0 Å². The molecule has 0 saturated carbocycles. The highest BCUT2D eigenvalue weighted by molar-refractivity contribution is 7.89. The summed E-state index contributed by atoms with van der Waals surface area (Å²) >= 11 is 0. The Morgan fingerprint density at radius 3 is 2.07 bits per heavy atom. The lowest BCUT2D eigenvalue weighted by atomic mass is 10.2. The van der Waals surface area contributed by atoms with E-state index in [1.54, 1.807) is 24.3 Å². The van der Waals surface area contributed by atoms with Gasteiger partial charge in [-0.1, -0.05) is 36.4 Å². The van der Waals surface area contributed by atoms with E-state index in [1.807, 2.05) is 6.07 Å². The standard InChI is InChI=1S/C20H22N2O7S/c1-28-18(23)13-22(14-19(24)29-2)20(25)16-9-6-10-17(11-16)30(26,27)21-12-15-7-4-3-5-8-15/h3-11,21H,12-14H2,1-2H3. The molecule has 0 spiro atoms. The molecule has 0 saturated heterocycles. The molecular formula is C20H22N2O7S. The van der Waals surface area contributed by atoms with Gasteiger partial charge in [0, 0.05) is 12.1 Å². The van der Waals surface area contributed by atoms with Gasteiger partial charge in [0.25, 0.3) is 5.91 Å². The lowest BCUT2D eigenvalue weighted by molar-refractivity contribution is -0.144.